The lowest BCUT2D eigenvalue weighted by atomic mass is 9.92. The first kappa shape index (κ1) is 17.0. The van der Waals surface area contributed by atoms with Gasteiger partial charge in [-0.15, -0.1) is 0 Å². The number of hydrogen-bond acceptors (Lipinski definition) is 5. The van der Waals surface area contributed by atoms with E-state index in [1.807, 2.05) is 0 Å². The monoisotopic (exact) mass is 357 g/mol. The average molecular weight is 358 g/mol. The lowest BCUT2D eigenvalue weighted by molar-refractivity contribution is -0.142. The number of carboxylic acid groups (broad SMARTS) is 1. The number of carbonyl (C=O) groups is 1. The Kier molecular flexibility index (Phi) is 5.44. The summed E-state index contributed by atoms with van der Waals surface area (Å²) in [5.41, 5.74) is 0. The van der Waals surface area contributed by atoms with Crippen molar-refractivity contribution in [1.82, 2.24) is 9.88 Å². The number of thiazole rings is 1. The summed E-state index contributed by atoms with van der Waals surface area (Å²) in [7, 11) is 0. The number of aliphatic carboxylic acids is 1. The van der Waals surface area contributed by atoms with Gasteiger partial charge in [-0.1, -0.05) is 36.3 Å². The van der Waals surface area contributed by atoms with Crippen LogP contribution in [-0.4, -0.2) is 47.1 Å². The van der Waals surface area contributed by atoms with E-state index in [0.29, 0.717) is 18.2 Å². The van der Waals surface area contributed by atoms with Crippen molar-refractivity contribution in [3.05, 3.63) is 10.0 Å². The molecule has 2 aliphatic rings. The smallest absolute Gasteiger partial charge is 0.308 e. The minimum absolute atomic E-state index is 0.250. The van der Waals surface area contributed by atoms with Crippen LogP contribution in [0, 0.1) is 11.8 Å². The maximum Gasteiger partial charge on any atom is 0.308 e. The van der Waals surface area contributed by atoms with Crippen molar-refractivity contribution in [3.8, 4) is 0 Å². The lowest BCUT2D eigenvalue weighted by Gasteiger charge is -2.14. The maximum absolute atomic E-state index is 11.5. The third-order valence-corrected chi connectivity index (χ3v) is 6.40. The third-order valence-electron chi connectivity index (χ3n) is 4.88. The van der Waals surface area contributed by atoms with E-state index < -0.39 is 5.97 Å². The summed E-state index contributed by atoms with van der Waals surface area (Å²) in [6.07, 6.45) is 4.45. The van der Waals surface area contributed by atoms with Crippen molar-refractivity contribution in [3.63, 3.8) is 0 Å². The zero-order valence-electron chi connectivity index (χ0n) is 13.5. The molecule has 1 aromatic rings. The molecule has 3 heterocycles. The Morgan fingerprint density at radius 3 is 2.78 bits per heavy atom. The number of rotatable bonds is 6. The Labute approximate surface area is 146 Å². The molecule has 5 nitrogen and oxygen atoms in total. The predicted octanol–water partition coefficient (Wildman–Crippen LogP) is 3.33. The fraction of sp³-hybridized carbons (Fsp3) is 0.750. The van der Waals surface area contributed by atoms with Crippen molar-refractivity contribution < 1.29 is 9.90 Å². The van der Waals surface area contributed by atoms with Gasteiger partial charge in [-0.3, -0.25) is 9.69 Å². The summed E-state index contributed by atoms with van der Waals surface area (Å²) in [6, 6.07) is 0. The van der Waals surface area contributed by atoms with Crippen molar-refractivity contribution in [2.24, 2.45) is 11.8 Å². The van der Waals surface area contributed by atoms with Crippen LogP contribution in [-0.2, 0) is 11.3 Å². The zero-order valence-corrected chi connectivity index (χ0v) is 15.1. The summed E-state index contributed by atoms with van der Waals surface area (Å²) >= 11 is 7.99. The molecule has 0 radical (unpaired) electrons. The molecule has 0 spiro atoms. The first-order chi connectivity index (χ1) is 11.1. The highest BCUT2D eigenvalue weighted by Crippen LogP contribution is 2.35. The summed E-state index contributed by atoms with van der Waals surface area (Å²) in [6.45, 7) is 6.42. The molecule has 0 aliphatic carbocycles. The maximum atomic E-state index is 11.5. The number of hydrogen-bond donors (Lipinski definition) is 1. The molecule has 0 aromatic carbocycles. The first-order valence-corrected chi connectivity index (χ1v) is 9.63. The Morgan fingerprint density at radius 1 is 1.39 bits per heavy atom. The molecule has 2 atom stereocenters. The molecule has 0 unspecified atom stereocenters. The van der Waals surface area contributed by atoms with Gasteiger partial charge in [0.25, 0.3) is 0 Å². The normalized spacial score (nSPS) is 25.4. The lowest BCUT2D eigenvalue weighted by Crippen LogP contribution is -2.23. The van der Waals surface area contributed by atoms with Crippen LogP contribution in [0.15, 0.2) is 0 Å². The molecule has 2 saturated heterocycles. The van der Waals surface area contributed by atoms with E-state index in [1.54, 1.807) is 11.3 Å². The molecule has 1 N–H and O–H groups in total. The number of likely N-dealkylation sites (tertiary alicyclic amines) is 1. The molecule has 7 heteroatoms. The Hall–Kier alpha value is -0.850. The van der Waals surface area contributed by atoms with E-state index in [1.165, 1.54) is 12.8 Å². The van der Waals surface area contributed by atoms with E-state index in [2.05, 4.69) is 21.7 Å². The molecule has 2 aliphatic heterocycles. The van der Waals surface area contributed by atoms with Gasteiger partial charge in [0.2, 0.25) is 0 Å². The molecule has 23 heavy (non-hydrogen) atoms. The quantitative estimate of drug-likeness (QED) is 0.846. The van der Waals surface area contributed by atoms with E-state index >= 15 is 0 Å². The molecular formula is C16H24ClN3O2S. The van der Waals surface area contributed by atoms with Gasteiger partial charge < -0.3 is 10.0 Å². The van der Waals surface area contributed by atoms with E-state index in [4.69, 9.17) is 11.6 Å². The highest BCUT2D eigenvalue weighted by atomic mass is 35.5. The van der Waals surface area contributed by atoms with Gasteiger partial charge in [0.15, 0.2) is 5.13 Å². The largest absolute Gasteiger partial charge is 0.481 e. The fourth-order valence-corrected chi connectivity index (χ4v) is 5.05. The van der Waals surface area contributed by atoms with Gasteiger partial charge in [0.05, 0.1) is 10.8 Å². The second kappa shape index (κ2) is 7.36. The highest BCUT2D eigenvalue weighted by molar-refractivity contribution is 7.16. The molecule has 0 saturated carbocycles. The second-order valence-corrected chi connectivity index (χ2v) is 8.01. The van der Waals surface area contributed by atoms with E-state index in [0.717, 1.165) is 42.5 Å². The van der Waals surface area contributed by atoms with Gasteiger partial charge >= 0.3 is 5.97 Å². The van der Waals surface area contributed by atoms with Crippen LogP contribution < -0.4 is 4.90 Å². The van der Waals surface area contributed by atoms with Gasteiger partial charge in [-0.2, -0.15) is 0 Å². The van der Waals surface area contributed by atoms with Crippen LogP contribution in [0.5, 0.6) is 0 Å². The van der Waals surface area contributed by atoms with Crippen LogP contribution in [0.3, 0.4) is 0 Å². The number of halogens is 1. The van der Waals surface area contributed by atoms with Crippen LogP contribution in [0.25, 0.3) is 0 Å². The summed E-state index contributed by atoms with van der Waals surface area (Å²) in [5.74, 6) is -0.666. The molecule has 3 rings (SSSR count). The topological polar surface area (TPSA) is 56.7 Å². The second-order valence-electron chi connectivity index (χ2n) is 6.59. The molecular weight excluding hydrogens is 334 g/mol. The standard InChI is InChI=1S/C16H24ClN3O2S/c1-2-5-11-8-19(9-12(11)15(21)22)10-13-14(17)18-16(23-13)20-6-3-4-7-20/h11-12H,2-10H2,1H3,(H,21,22)/t11-,12-/m1/s1. The Bertz CT molecular complexity index is 560. The fourth-order valence-electron chi connectivity index (χ4n) is 3.70. The first-order valence-electron chi connectivity index (χ1n) is 8.43. The highest BCUT2D eigenvalue weighted by Gasteiger charge is 2.37. The van der Waals surface area contributed by atoms with Crippen molar-refractivity contribution in [2.45, 2.75) is 39.2 Å². The zero-order chi connectivity index (χ0) is 16.4. The van der Waals surface area contributed by atoms with Gasteiger partial charge in [-0.25, -0.2) is 4.98 Å². The number of carboxylic acids is 1. The van der Waals surface area contributed by atoms with E-state index in [9.17, 15) is 9.90 Å². The van der Waals surface area contributed by atoms with Gasteiger partial charge in [0, 0.05) is 32.7 Å². The number of anilines is 1. The van der Waals surface area contributed by atoms with Crippen LogP contribution in [0.1, 0.15) is 37.5 Å². The average Bonchev–Trinajstić information content (AvgIpc) is 3.20. The van der Waals surface area contributed by atoms with Crippen LogP contribution >= 0.6 is 22.9 Å². The summed E-state index contributed by atoms with van der Waals surface area (Å²) in [5, 5.41) is 11.0. The Morgan fingerprint density at radius 2 is 2.13 bits per heavy atom. The minimum Gasteiger partial charge on any atom is -0.481 e. The molecule has 1 aromatic heterocycles. The number of aromatic nitrogens is 1. The van der Waals surface area contributed by atoms with Crippen molar-refractivity contribution in [2.75, 3.05) is 31.1 Å². The summed E-state index contributed by atoms with van der Waals surface area (Å²) in [4.78, 5) is 21.6. The molecule has 128 valence electrons. The van der Waals surface area contributed by atoms with Gasteiger partial charge in [0.1, 0.15) is 5.15 Å². The van der Waals surface area contributed by atoms with Crippen molar-refractivity contribution >= 4 is 34.0 Å². The molecule has 0 bridgehead atoms. The van der Waals surface area contributed by atoms with Crippen LogP contribution in [0.4, 0.5) is 5.13 Å². The SMILES string of the molecule is CCC[C@@H]1CN(Cc2sc(N3CCCC3)nc2Cl)C[C@H]1C(=O)O. The summed E-state index contributed by atoms with van der Waals surface area (Å²) < 4.78 is 0. The van der Waals surface area contributed by atoms with Crippen molar-refractivity contribution in [1.29, 1.82) is 0 Å². The van der Waals surface area contributed by atoms with E-state index in [-0.39, 0.29) is 11.8 Å². The predicted molar refractivity (Wildman–Crippen MR) is 93.4 cm³/mol. The third kappa shape index (κ3) is 3.80. The van der Waals surface area contributed by atoms with Gasteiger partial charge in [-0.05, 0) is 25.2 Å². The molecule has 0 amide bonds. The minimum atomic E-state index is -0.667. The number of nitrogens with zero attached hydrogens (tertiary/aromatic N) is 3. The molecule has 2 fully saturated rings. The van der Waals surface area contributed by atoms with Crippen LogP contribution in [0.2, 0.25) is 5.15 Å². The Balaban J connectivity index is 1.66.